The zero-order valence-electron chi connectivity index (χ0n) is 10.7. The molecule has 0 aliphatic carbocycles. The van der Waals surface area contributed by atoms with E-state index in [1.807, 2.05) is 6.92 Å². The minimum absolute atomic E-state index is 0.206. The summed E-state index contributed by atoms with van der Waals surface area (Å²) in [6, 6.07) is 11.0. The maximum absolute atomic E-state index is 14.1. The average Bonchev–Trinajstić information content (AvgIpc) is 2.43. The molecule has 0 saturated carbocycles. The number of para-hydroxylation sites is 2. The van der Waals surface area contributed by atoms with Crippen molar-refractivity contribution in [3.63, 3.8) is 0 Å². The van der Waals surface area contributed by atoms with E-state index in [9.17, 15) is 8.78 Å². The Labute approximate surface area is 111 Å². The molecule has 0 aromatic heterocycles. The van der Waals surface area contributed by atoms with E-state index < -0.39 is 5.82 Å². The number of hydrogen-bond acceptors (Lipinski definition) is 2. The van der Waals surface area contributed by atoms with Crippen LogP contribution in [-0.2, 0) is 6.54 Å². The van der Waals surface area contributed by atoms with Gasteiger partial charge in [0.1, 0.15) is 11.6 Å². The van der Waals surface area contributed by atoms with Crippen LogP contribution in [0.4, 0.5) is 20.2 Å². The molecule has 0 bridgehead atoms. The van der Waals surface area contributed by atoms with Crippen LogP contribution in [0.2, 0.25) is 0 Å². The van der Waals surface area contributed by atoms with E-state index in [-0.39, 0.29) is 12.4 Å². The van der Waals surface area contributed by atoms with Crippen LogP contribution in [0, 0.1) is 11.6 Å². The fourth-order valence-electron chi connectivity index (χ4n) is 2.15. The predicted octanol–water partition coefficient (Wildman–Crippen LogP) is 3.58. The summed E-state index contributed by atoms with van der Waals surface area (Å²) in [4.78, 5) is 1.60. The van der Waals surface area contributed by atoms with Crippen LogP contribution >= 0.6 is 0 Å². The number of halogens is 2. The minimum atomic E-state index is -0.395. The smallest absolute Gasteiger partial charge is 0.147 e. The van der Waals surface area contributed by atoms with E-state index in [0.717, 1.165) is 0 Å². The normalized spacial score (nSPS) is 10.5. The minimum Gasteiger partial charge on any atom is -0.337 e. The highest BCUT2D eigenvalue weighted by Gasteiger charge is 2.18. The van der Waals surface area contributed by atoms with Crippen molar-refractivity contribution < 1.29 is 8.78 Å². The quantitative estimate of drug-likeness (QED) is 0.912. The van der Waals surface area contributed by atoms with Crippen LogP contribution in [0.3, 0.4) is 0 Å². The Morgan fingerprint density at radius 2 is 1.68 bits per heavy atom. The van der Waals surface area contributed by atoms with E-state index in [0.29, 0.717) is 23.5 Å². The Kier molecular flexibility index (Phi) is 4.12. The van der Waals surface area contributed by atoms with Crippen molar-refractivity contribution in [1.82, 2.24) is 0 Å². The highest BCUT2D eigenvalue weighted by Crippen LogP contribution is 2.32. The molecule has 0 amide bonds. The van der Waals surface area contributed by atoms with E-state index >= 15 is 0 Å². The van der Waals surface area contributed by atoms with E-state index in [1.165, 1.54) is 12.1 Å². The Morgan fingerprint density at radius 3 is 2.32 bits per heavy atom. The van der Waals surface area contributed by atoms with Gasteiger partial charge in [-0.3, -0.25) is 0 Å². The summed E-state index contributed by atoms with van der Waals surface area (Å²) in [6.07, 6.45) is 0. The topological polar surface area (TPSA) is 29.3 Å². The Balaban J connectivity index is 2.58. The number of anilines is 2. The van der Waals surface area contributed by atoms with Gasteiger partial charge in [0, 0.05) is 13.1 Å². The van der Waals surface area contributed by atoms with Crippen molar-refractivity contribution in [3.05, 3.63) is 59.7 Å². The van der Waals surface area contributed by atoms with E-state index in [2.05, 4.69) is 0 Å². The lowest BCUT2D eigenvalue weighted by molar-refractivity contribution is 0.612. The molecule has 19 heavy (non-hydrogen) atoms. The Hall–Kier alpha value is -1.94. The molecule has 2 N–H and O–H groups in total. The second-order valence-corrected chi connectivity index (χ2v) is 4.15. The Morgan fingerprint density at radius 1 is 1.00 bits per heavy atom. The fourth-order valence-corrected chi connectivity index (χ4v) is 2.15. The molecule has 0 atom stereocenters. The molecule has 2 aromatic carbocycles. The first-order chi connectivity index (χ1) is 9.19. The van der Waals surface area contributed by atoms with Crippen LogP contribution in [0.15, 0.2) is 42.5 Å². The van der Waals surface area contributed by atoms with Crippen LogP contribution in [0.25, 0.3) is 0 Å². The first kappa shape index (κ1) is 13.5. The first-order valence-electron chi connectivity index (χ1n) is 6.18. The lowest BCUT2D eigenvalue weighted by Gasteiger charge is -2.26. The predicted molar refractivity (Wildman–Crippen MR) is 73.4 cm³/mol. The van der Waals surface area contributed by atoms with E-state index in [1.54, 1.807) is 35.2 Å². The van der Waals surface area contributed by atoms with Gasteiger partial charge in [-0.25, -0.2) is 8.78 Å². The largest absolute Gasteiger partial charge is 0.337 e. The summed E-state index contributed by atoms with van der Waals surface area (Å²) < 4.78 is 28.0. The van der Waals surface area contributed by atoms with Crippen molar-refractivity contribution in [1.29, 1.82) is 0 Å². The molecule has 2 nitrogen and oxygen atoms in total. The van der Waals surface area contributed by atoms with Gasteiger partial charge in [-0.1, -0.05) is 24.3 Å². The maximum Gasteiger partial charge on any atom is 0.147 e. The molecule has 4 heteroatoms. The first-order valence-corrected chi connectivity index (χ1v) is 6.18. The summed E-state index contributed by atoms with van der Waals surface area (Å²) in [6.45, 7) is 2.51. The van der Waals surface area contributed by atoms with Gasteiger partial charge in [-0.15, -0.1) is 0 Å². The van der Waals surface area contributed by atoms with E-state index in [4.69, 9.17) is 5.73 Å². The lowest BCUT2D eigenvalue weighted by Crippen LogP contribution is -2.21. The molecule has 0 fully saturated rings. The third-order valence-corrected chi connectivity index (χ3v) is 3.02. The number of hydrogen-bond donors (Lipinski definition) is 1. The molecular formula is C15H16F2N2. The summed E-state index contributed by atoms with van der Waals surface area (Å²) >= 11 is 0. The average molecular weight is 262 g/mol. The van der Waals surface area contributed by atoms with Crippen molar-refractivity contribution in [2.24, 2.45) is 5.73 Å². The molecule has 0 aliphatic heterocycles. The molecule has 2 rings (SSSR count). The van der Waals surface area contributed by atoms with Gasteiger partial charge in [-0.05, 0) is 30.7 Å². The Bertz CT molecular complexity index is 570. The van der Waals surface area contributed by atoms with Gasteiger partial charge in [0.05, 0.1) is 11.4 Å². The molecule has 0 heterocycles. The maximum atomic E-state index is 14.1. The number of rotatable bonds is 4. The van der Waals surface area contributed by atoms with Gasteiger partial charge in [0.15, 0.2) is 0 Å². The van der Waals surface area contributed by atoms with Crippen molar-refractivity contribution in [3.8, 4) is 0 Å². The SMILES string of the molecule is CCN(c1ccccc1F)c1c(F)cccc1CN. The fraction of sp³-hybridized carbons (Fsp3) is 0.200. The molecule has 0 unspecified atom stereocenters. The summed E-state index contributed by atoms with van der Waals surface area (Å²) in [5, 5.41) is 0. The van der Waals surface area contributed by atoms with Gasteiger partial charge >= 0.3 is 0 Å². The number of nitrogens with two attached hydrogens (primary N) is 1. The summed E-state index contributed by atoms with van der Waals surface area (Å²) in [7, 11) is 0. The monoisotopic (exact) mass is 262 g/mol. The zero-order valence-corrected chi connectivity index (χ0v) is 10.7. The molecule has 0 radical (unpaired) electrons. The molecule has 2 aromatic rings. The zero-order chi connectivity index (χ0) is 13.8. The summed E-state index contributed by atoms with van der Waals surface area (Å²) in [5.74, 6) is -0.774. The third kappa shape index (κ3) is 2.58. The summed E-state index contributed by atoms with van der Waals surface area (Å²) in [5.41, 5.74) is 7.00. The highest BCUT2D eigenvalue weighted by atomic mass is 19.1. The molecule has 0 saturated heterocycles. The van der Waals surface area contributed by atoms with Crippen LogP contribution in [0.1, 0.15) is 12.5 Å². The van der Waals surface area contributed by atoms with Gasteiger partial charge in [0.25, 0.3) is 0 Å². The third-order valence-electron chi connectivity index (χ3n) is 3.02. The second-order valence-electron chi connectivity index (χ2n) is 4.15. The van der Waals surface area contributed by atoms with Crippen molar-refractivity contribution in [2.45, 2.75) is 13.5 Å². The highest BCUT2D eigenvalue weighted by molar-refractivity contribution is 5.67. The number of benzene rings is 2. The van der Waals surface area contributed by atoms with Crippen LogP contribution in [-0.4, -0.2) is 6.54 Å². The molecular weight excluding hydrogens is 246 g/mol. The van der Waals surface area contributed by atoms with Crippen LogP contribution < -0.4 is 10.6 Å². The standard InChI is InChI=1S/C15H16F2N2/c1-2-19(14-9-4-3-7-12(14)16)15-11(10-18)6-5-8-13(15)17/h3-9H,2,10,18H2,1H3. The van der Waals surface area contributed by atoms with Gasteiger partial charge < -0.3 is 10.6 Å². The van der Waals surface area contributed by atoms with Crippen molar-refractivity contribution in [2.75, 3.05) is 11.4 Å². The van der Waals surface area contributed by atoms with Crippen LogP contribution in [0.5, 0.6) is 0 Å². The molecule has 0 aliphatic rings. The second kappa shape index (κ2) is 5.80. The molecule has 100 valence electrons. The lowest BCUT2D eigenvalue weighted by atomic mass is 10.1. The van der Waals surface area contributed by atoms with Gasteiger partial charge in [0.2, 0.25) is 0 Å². The number of nitrogens with zero attached hydrogens (tertiary/aromatic N) is 1. The van der Waals surface area contributed by atoms with Gasteiger partial charge in [-0.2, -0.15) is 0 Å². The molecule has 0 spiro atoms. The van der Waals surface area contributed by atoms with Crippen molar-refractivity contribution >= 4 is 11.4 Å².